The number of anilines is 1. The Morgan fingerprint density at radius 3 is 2.52 bits per heavy atom. The molecular weight excluding hydrogens is 437 g/mol. The maximum Gasteiger partial charge on any atom is 0.259 e. The van der Waals surface area contributed by atoms with Crippen LogP contribution in [0.1, 0.15) is 11.1 Å². The summed E-state index contributed by atoms with van der Waals surface area (Å²) < 4.78 is 11.2. The highest BCUT2D eigenvalue weighted by Gasteiger charge is 2.12. The number of hydrogen-bond donors (Lipinski definition) is 2. The van der Waals surface area contributed by atoms with Crippen LogP contribution in [0.3, 0.4) is 0 Å². The maximum absolute atomic E-state index is 11.9. The monoisotopic (exact) mass is 457 g/mol. The van der Waals surface area contributed by atoms with Crippen LogP contribution in [-0.2, 0) is 11.4 Å². The fourth-order valence-corrected chi connectivity index (χ4v) is 3.05. The predicted octanol–water partition coefficient (Wildman–Crippen LogP) is 5.14. The normalized spacial score (nSPS) is 10.7. The lowest BCUT2D eigenvalue weighted by atomic mass is 10.2. The van der Waals surface area contributed by atoms with E-state index in [-0.39, 0.29) is 12.5 Å². The van der Waals surface area contributed by atoms with Gasteiger partial charge in [-0.25, -0.2) is 5.43 Å². The van der Waals surface area contributed by atoms with Crippen molar-refractivity contribution in [2.24, 2.45) is 5.10 Å². The molecule has 2 N–H and O–H groups in total. The molecule has 6 nitrogen and oxygen atoms in total. The molecule has 0 radical (unpaired) electrons. The molecule has 0 unspecified atom stereocenters. The van der Waals surface area contributed by atoms with Gasteiger partial charge in [-0.1, -0.05) is 53.5 Å². The number of amides is 1. The van der Waals surface area contributed by atoms with Crippen molar-refractivity contribution < 1.29 is 14.3 Å². The van der Waals surface area contributed by atoms with Crippen LogP contribution in [0.15, 0.2) is 71.8 Å². The topological polar surface area (TPSA) is 72.0 Å². The molecular formula is C23H21Cl2N3O3. The summed E-state index contributed by atoms with van der Waals surface area (Å²) in [5.41, 5.74) is 4.91. The Labute approximate surface area is 190 Å². The number of methoxy groups -OCH3 is 1. The molecule has 0 saturated carbocycles. The standard InChI is InChI=1S/C23H21Cl2N3O3/c1-30-21-12-17(13-27-28-22(29)14-26-19-5-3-2-4-6-19)11-20(25)23(21)31-15-16-7-9-18(24)10-8-16/h2-13,26H,14-15H2,1H3,(H,28,29)/b27-13-. The lowest BCUT2D eigenvalue weighted by Gasteiger charge is -2.13. The van der Waals surface area contributed by atoms with Crippen LogP contribution in [0, 0.1) is 0 Å². The number of benzene rings is 3. The van der Waals surface area contributed by atoms with Crippen molar-refractivity contribution in [3.63, 3.8) is 0 Å². The molecule has 3 aromatic rings. The van der Waals surface area contributed by atoms with Gasteiger partial charge in [0, 0.05) is 10.7 Å². The number of halogens is 2. The van der Waals surface area contributed by atoms with Crippen molar-refractivity contribution >= 4 is 41.0 Å². The number of para-hydroxylation sites is 1. The Hall–Kier alpha value is -3.22. The number of hydrogen-bond acceptors (Lipinski definition) is 5. The van der Waals surface area contributed by atoms with Gasteiger partial charge in [0.1, 0.15) is 6.61 Å². The zero-order chi connectivity index (χ0) is 22.1. The number of carbonyl (C=O) groups excluding carboxylic acids is 1. The number of rotatable bonds is 9. The summed E-state index contributed by atoms with van der Waals surface area (Å²) >= 11 is 12.3. The average Bonchev–Trinajstić information content (AvgIpc) is 2.78. The molecule has 3 rings (SSSR count). The van der Waals surface area contributed by atoms with E-state index in [1.807, 2.05) is 42.5 Å². The maximum atomic E-state index is 11.9. The van der Waals surface area contributed by atoms with Gasteiger partial charge in [0.2, 0.25) is 0 Å². The number of nitrogens with one attached hydrogen (secondary N) is 2. The molecule has 0 heterocycles. The highest BCUT2D eigenvalue weighted by molar-refractivity contribution is 6.32. The quantitative estimate of drug-likeness (QED) is 0.344. The zero-order valence-electron chi connectivity index (χ0n) is 16.8. The second-order valence-corrected chi connectivity index (χ2v) is 7.31. The van der Waals surface area contributed by atoms with Crippen LogP contribution in [-0.4, -0.2) is 25.8 Å². The second-order valence-electron chi connectivity index (χ2n) is 6.46. The fourth-order valence-electron chi connectivity index (χ4n) is 2.65. The van der Waals surface area contributed by atoms with Gasteiger partial charge in [0.05, 0.1) is 24.9 Å². The molecule has 1 amide bonds. The van der Waals surface area contributed by atoms with E-state index in [0.29, 0.717) is 33.7 Å². The van der Waals surface area contributed by atoms with Gasteiger partial charge in [-0.2, -0.15) is 5.10 Å². The highest BCUT2D eigenvalue weighted by Crippen LogP contribution is 2.36. The molecule has 0 atom stereocenters. The SMILES string of the molecule is COc1cc(/C=N\NC(=O)CNc2ccccc2)cc(Cl)c1OCc1ccc(Cl)cc1. The summed E-state index contributed by atoms with van der Waals surface area (Å²) in [5, 5.41) is 8.00. The summed E-state index contributed by atoms with van der Waals surface area (Å²) in [5.74, 6) is 0.605. The molecule has 0 aromatic heterocycles. The fraction of sp³-hybridized carbons (Fsp3) is 0.130. The average molecular weight is 458 g/mol. The van der Waals surface area contributed by atoms with Gasteiger partial charge in [-0.05, 0) is 47.5 Å². The predicted molar refractivity (Wildman–Crippen MR) is 124 cm³/mol. The third-order valence-electron chi connectivity index (χ3n) is 4.18. The molecule has 0 saturated heterocycles. The Morgan fingerprint density at radius 2 is 1.81 bits per heavy atom. The second kappa shape index (κ2) is 11.2. The molecule has 0 spiro atoms. The van der Waals surface area contributed by atoms with Crippen molar-refractivity contribution in [1.29, 1.82) is 0 Å². The highest BCUT2D eigenvalue weighted by atomic mass is 35.5. The third kappa shape index (κ3) is 6.91. The molecule has 0 bridgehead atoms. The van der Waals surface area contributed by atoms with E-state index < -0.39 is 0 Å². The smallest absolute Gasteiger partial charge is 0.259 e. The third-order valence-corrected chi connectivity index (χ3v) is 4.71. The van der Waals surface area contributed by atoms with Gasteiger partial charge >= 0.3 is 0 Å². The first-order valence-electron chi connectivity index (χ1n) is 9.41. The van der Waals surface area contributed by atoms with Crippen LogP contribution in [0.2, 0.25) is 10.0 Å². The lowest BCUT2D eigenvalue weighted by Crippen LogP contribution is -2.25. The van der Waals surface area contributed by atoms with E-state index in [1.165, 1.54) is 13.3 Å². The van der Waals surface area contributed by atoms with Crippen LogP contribution in [0.25, 0.3) is 0 Å². The Bertz CT molecular complexity index is 1040. The summed E-state index contributed by atoms with van der Waals surface area (Å²) in [6.07, 6.45) is 1.48. The molecule has 31 heavy (non-hydrogen) atoms. The molecule has 0 aliphatic carbocycles. The van der Waals surface area contributed by atoms with E-state index >= 15 is 0 Å². The Balaban J connectivity index is 1.58. The first-order valence-corrected chi connectivity index (χ1v) is 10.2. The van der Waals surface area contributed by atoms with Crippen LogP contribution in [0.5, 0.6) is 11.5 Å². The van der Waals surface area contributed by atoms with Gasteiger partial charge in [-0.15, -0.1) is 0 Å². The molecule has 3 aromatic carbocycles. The molecule has 0 aliphatic rings. The van der Waals surface area contributed by atoms with Gasteiger partial charge in [-0.3, -0.25) is 4.79 Å². The van der Waals surface area contributed by atoms with Crippen LogP contribution in [0.4, 0.5) is 5.69 Å². The number of carbonyl (C=O) groups is 1. The Kier molecular flexibility index (Phi) is 8.15. The summed E-state index contributed by atoms with van der Waals surface area (Å²) in [6, 6.07) is 20.2. The Morgan fingerprint density at radius 1 is 1.06 bits per heavy atom. The summed E-state index contributed by atoms with van der Waals surface area (Å²) in [6.45, 7) is 0.411. The van der Waals surface area contributed by atoms with Crippen molar-refractivity contribution in [1.82, 2.24) is 5.43 Å². The number of ether oxygens (including phenoxy) is 2. The van der Waals surface area contributed by atoms with E-state index in [0.717, 1.165) is 11.3 Å². The minimum absolute atomic E-state index is 0.100. The molecule has 0 fully saturated rings. The van der Waals surface area contributed by atoms with Crippen LogP contribution >= 0.6 is 23.2 Å². The minimum Gasteiger partial charge on any atom is -0.493 e. The van der Waals surface area contributed by atoms with Crippen LogP contribution < -0.4 is 20.2 Å². The molecule has 8 heteroatoms. The van der Waals surface area contributed by atoms with Crippen molar-refractivity contribution in [3.8, 4) is 11.5 Å². The largest absolute Gasteiger partial charge is 0.493 e. The van der Waals surface area contributed by atoms with E-state index in [1.54, 1.807) is 24.3 Å². The van der Waals surface area contributed by atoms with Gasteiger partial charge in [0.15, 0.2) is 11.5 Å². The van der Waals surface area contributed by atoms with Crippen molar-refractivity contribution in [2.45, 2.75) is 6.61 Å². The first-order chi connectivity index (χ1) is 15.0. The number of hydrazone groups is 1. The number of nitrogens with zero attached hydrogens (tertiary/aromatic N) is 1. The van der Waals surface area contributed by atoms with E-state index in [4.69, 9.17) is 32.7 Å². The van der Waals surface area contributed by atoms with Gasteiger partial charge in [0.25, 0.3) is 5.91 Å². The first kappa shape index (κ1) is 22.5. The molecule has 160 valence electrons. The van der Waals surface area contributed by atoms with Crippen molar-refractivity contribution in [2.75, 3.05) is 19.0 Å². The minimum atomic E-state index is -0.277. The zero-order valence-corrected chi connectivity index (χ0v) is 18.3. The van der Waals surface area contributed by atoms with Gasteiger partial charge < -0.3 is 14.8 Å². The summed E-state index contributed by atoms with van der Waals surface area (Å²) in [7, 11) is 1.53. The van der Waals surface area contributed by atoms with Crippen molar-refractivity contribution in [3.05, 3.63) is 87.9 Å². The lowest BCUT2D eigenvalue weighted by molar-refractivity contribution is -0.119. The van der Waals surface area contributed by atoms with E-state index in [2.05, 4.69) is 15.8 Å². The van der Waals surface area contributed by atoms with E-state index in [9.17, 15) is 4.79 Å². The summed E-state index contributed by atoms with van der Waals surface area (Å²) in [4.78, 5) is 11.9. The molecule has 0 aliphatic heterocycles.